The lowest BCUT2D eigenvalue weighted by molar-refractivity contribution is 0.0972. The molecule has 24 heavy (non-hydrogen) atoms. The molecule has 0 spiro atoms. The topological polar surface area (TPSA) is 29.5 Å². The normalized spacial score (nSPS) is 22.3. The first-order chi connectivity index (χ1) is 11.6. The molecular weight excluding hydrogens is 298 g/mol. The maximum Gasteiger partial charge on any atom is 0.410 e. The van der Waals surface area contributed by atoms with E-state index in [2.05, 4.69) is 62.4 Å². The first-order valence-electron chi connectivity index (χ1n) is 8.76. The lowest BCUT2D eigenvalue weighted by atomic mass is 9.98. The molecule has 0 bridgehead atoms. The SMILES string of the molecule is C[C@@H]1C[C@H](C)N(C(=O)OCC2c3ccccc3-c3ccccc32)C1. The highest BCUT2D eigenvalue weighted by Gasteiger charge is 2.33. The van der Waals surface area contributed by atoms with E-state index < -0.39 is 0 Å². The number of nitrogens with zero attached hydrogens (tertiary/aromatic N) is 1. The standard InChI is InChI=1S/C21H23NO2/c1-14-11-15(2)22(12-14)21(23)24-13-20-18-9-5-3-7-16(18)17-8-4-6-10-19(17)20/h3-10,14-15,20H,11-13H2,1-2H3/t14-,15+/m1/s1. The second-order valence-corrected chi connectivity index (χ2v) is 7.15. The van der Waals surface area contributed by atoms with Gasteiger partial charge in [-0.3, -0.25) is 0 Å². The summed E-state index contributed by atoms with van der Waals surface area (Å²) in [5, 5.41) is 0. The molecule has 0 radical (unpaired) electrons. The number of carbonyl (C=O) groups is 1. The van der Waals surface area contributed by atoms with Crippen LogP contribution in [0.1, 0.15) is 37.3 Å². The van der Waals surface area contributed by atoms with Crippen LogP contribution < -0.4 is 0 Å². The van der Waals surface area contributed by atoms with Crippen molar-refractivity contribution in [3.63, 3.8) is 0 Å². The number of ether oxygens (including phenoxy) is 1. The Morgan fingerprint density at radius 3 is 2.17 bits per heavy atom. The van der Waals surface area contributed by atoms with Gasteiger partial charge in [0.05, 0.1) is 0 Å². The minimum atomic E-state index is -0.172. The predicted octanol–water partition coefficient (Wildman–Crippen LogP) is 4.67. The van der Waals surface area contributed by atoms with Crippen LogP contribution in [0.4, 0.5) is 4.79 Å². The number of hydrogen-bond acceptors (Lipinski definition) is 2. The van der Waals surface area contributed by atoms with E-state index in [0.29, 0.717) is 12.5 Å². The largest absolute Gasteiger partial charge is 0.448 e. The molecule has 2 aromatic carbocycles. The molecule has 2 atom stereocenters. The first-order valence-corrected chi connectivity index (χ1v) is 8.76. The van der Waals surface area contributed by atoms with E-state index in [9.17, 15) is 4.79 Å². The zero-order chi connectivity index (χ0) is 16.7. The van der Waals surface area contributed by atoms with Crippen molar-refractivity contribution in [3.05, 3.63) is 59.7 Å². The molecule has 2 aliphatic rings. The fourth-order valence-electron chi connectivity index (χ4n) is 4.23. The molecule has 3 nitrogen and oxygen atoms in total. The number of likely N-dealkylation sites (tertiary alicyclic amines) is 1. The van der Waals surface area contributed by atoms with E-state index in [1.165, 1.54) is 22.3 Å². The fourth-order valence-corrected chi connectivity index (χ4v) is 4.23. The van der Waals surface area contributed by atoms with Crippen molar-refractivity contribution >= 4 is 6.09 Å². The van der Waals surface area contributed by atoms with Crippen LogP contribution in [0, 0.1) is 5.92 Å². The van der Waals surface area contributed by atoms with Gasteiger partial charge in [0.25, 0.3) is 0 Å². The third kappa shape index (κ3) is 2.48. The van der Waals surface area contributed by atoms with Crippen LogP contribution >= 0.6 is 0 Å². The molecule has 124 valence electrons. The summed E-state index contributed by atoms with van der Waals surface area (Å²) in [4.78, 5) is 14.4. The summed E-state index contributed by atoms with van der Waals surface area (Å²) in [7, 11) is 0. The van der Waals surface area contributed by atoms with Crippen molar-refractivity contribution < 1.29 is 9.53 Å². The van der Waals surface area contributed by atoms with Gasteiger partial charge in [-0.1, -0.05) is 55.5 Å². The molecule has 1 heterocycles. The molecule has 0 aromatic heterocycles. The van der Waals surface area contributed by atoms with Crippen LogP contribution in [0.25, 0.3) is 11.1 Å². The molecule has 4 rings (SSSR count). The van der Waals surface area contributed by atoms with Gasteiger partial charge in [-0.15, -0.1) is 0 Å². The van der Waals surface area contributed by atoms with Gasteiger partial charge in [-0.05, 0) is 41.5 Å². The molecule has 1 fully saturated rings. The Labute approximate surface area is 143 Å². The van der Waals surface area contributed by atoms with Crippen LogP contribution in [0.2, 0.25) is 0 Å². The molecule has 0 N–H and O–H groups in total. The van der Waals surface area contributed by atoms with E-state index in [0.717, 1.165) is 13.0 Å². The van der Waals surface area contributed by atoms with E-state index in [1.54, 1.807) is 0 Å². The Balaban J connectivity index is 1.54. The van der Waals surface area contributed by atoms with E-state index in [-0.39, 0.29) is 18.1 Å². The zero-order valence-electron chi connectivity index (χ0n) is 14.2. The predicted molar refractivity (Wildman–Crippen MR) is 95.0 cm³/mol. The summed E-state index contributed by atoms with van der Waals surface area (Å²) < 4.78 is 5.73. The summed E-state index contributed by atoms with van der Waals surface area (Å²) >= 11 is 0. The van der Waals surface area contributed by atoms with Crippen LogP contribution in [0.15, 0.2) is 48.5 Å². The first kappa shape index (κ1) is 15.3. The lowest BCUT2D eigenvalue weighted by Crippen LogP contribution is -2.35. The average Bonchev–Trinajstić information content (AvgIpc) is 3.10. The zero-order valence-corrected chi connectivity index (χ0v) is 14.2. The number of fused-ring (bicyclic) bond motifs is 3. The number of hydrogen-bond donors (Lipinski definition) is 0. The van der Waals surface area contributed by atoms with E-state index >= 15 is 0 Å². The summed E-state index contributed by atoms with van der Waals surface area (Å²) in [5.74, 6) is 0.692. The maximum atomic E-state index is 12.5. The highest BCUT2D eigenvalue weighted by molar-refractivity contribution is 5.79. The number of carbonyl (C=O) groups excluding carboxylic acids is 1. The quantitative estimate of drug-likeness (QED) is 0.804. The Hall–Kier alpha value is -2.29. The fraction of sp³-hybridized carbons (Fsp3) is 0.381. The molecule has 1 aliphatic carbocycles. The van der Waals surface area contributed by atoms with Crippen molar-refractivity contribution in [2.45, 2.75) is 32.2 Å². The van der Waals surface area contributed by atoms with Crippen molar-refractivity contribution in [2.24, 2.45) is 5.92 Å². The highest BCUT2D eigenvalue weighted by atomic mass is 16.6. The maximum absolute atomic E-state index is 12.5. The lowest BCUT2D eigenvalue weighted by Gasteiger charge is -2.22. The van der Waals surface area contributed by atoms with Crippen LogP contribution in [-0.2, 0) is 4.74 Å². The molecule has 1 saturated heterocycles. The smallest absolute Gasteiger partial charge is 0.410 e. The Morgan fingerprint density at radius 2 is 1.62 bits per heavy atom. The van der Waals surface area contributed by atoms with Crippen molar-refractivity contribution in [1.29, 1.82) is 0 Å². The van der Waals surface area contributed by atoms with Crippen LogP contribution in [0.5, 0.6) is 0 Å². The molecular formula is C21H23NO2. The minimum absolute atomic E-state index is 0.136. The Morgan fingerprint density at radius 1 is 1.04 bits per heavy atom. The third-order valence-electron chi connectivity index (χ3n) is 5.35. The van der Waals surface area contributed by atoms with Gasteiger partial charge in [-0.2, -0.15) is 0 Å². The van der Waals surface area contributed by atoms with Gasteiger partial charge in [-0.25, -0.2) is 4.79 Å². The third-order valence-corrected chi connectivity index (χ3v) is 5.35. The van der Waals surface area contributed by atoms with Crippen molar-refractivity contribution in [1.82, 2.24) is 4.90 Å². The van der Waals surface area contributed by atoms with Crippen LogP contribution in [-0.4, -0.2) is 30.2 Å². The van der Waals surface area contributed by atoms with Gasteiger partial charge >= 0.3 is 6.09 Å². The minimum Gasteiger partial charge on any atom is -0.448 e. The number of benzene rings is 2. The summed E-state index contributed by atoms with van der Waals surface area (Å²) in [6.45, 7) is 5.50. The summed E-state index contributed by atoms with van der Waals surface area (Å²) in [6.07, 6.45) is 0.887. The number of rotatable bonds is 2. The monoisotopic (exact) mass is 321 g/mol. The van der Waals surface area contributed by atoms with Gasteiger partial charge in [0, 0.05) is 18.5 Å². The second-order valence-electron chi connectivity index (χ2n) is 7.15. The van der Waals surface area contributed by atoms with Gasteiger partial charge in [0.2, 0.25) is 0 Å². The van der Waals surface area contributed by atoms with Gasteiger partial charge < -0.3 is 9.64 Å². The molecule has 1 aliphatic heterocycles. The Bertz CT molecular complexity index is 724. The van der Waals surface area contributed by atoms with E-state index in [4.69, 9.17) is 4.74 Å². The van der Waals surface area contributed by atoms with E-state index in [1.807, 2.05) is 4.90 Å². The summed E-state index contributed by atoms with van der Waals surface area (Å²) in [6, 6.07) is 17.1. The molecule has 0 saturated carbocycles. The van der Waals surface area contributed by atoms with Crippen LogP contribution in [0.3, 0.4) is 0 Å². The molecule has 3 heteroatoms. The summed E-state index contributed by atoms with van der Waals surface area (Å²) in [5.41, 5.74) is 5.04. The molecule has 1 amide bonds. The average molecular weight is 321 g/mol. The molecule has 0 unspecified atom stereocenters. The Kier molecular flexibility index (Phi) is 3.79. The van der Waals surface area contributed by atoms with Crippen molar-refractivity contribution in [2.75, 3.05) is 13.2 Å². The molecule has 2 aromatic rings. The number of amides is 1. The van der Waals surface area contributed by atoms with Gasteiger partial charge in [0.1, 0.15) is 6.61 Å². The highest BCUT2D eigenvalue weighted by Crippen LogP contribution is 2.44. The van der Waals surface area contributed by atoms with Crippen molar-refractivity contribution in [3.8, 4) is 11.1 Å². The van der Waals surface area contributed by atoms with Gasteiger partial charge in [0.15, 0.2) is 0 Å². The second kappa shape index (κ2) is 5.97.